The van der Waals surface area contributed by atoms with Gasteiger partial charge in [-0.1, -0.05) is 63.8 Å². The van der Waals surface area contributed by atoms with E-state index in [4.69, 9.17) is 4.74 Å². The summed E-state index contributed by atoms with van der Waals surface area (Å²) in [5, 5.41) is 11.4. The van der Waals surface area contributed by atoms with Crippen molar-refractivity contribution in [3.05, 3.63) is 23.8 Å². The van der Waals surface area contributed by atoms with Gasteiger partial charge in [0.25, 0.3) is 5.91 Å². The second-order valence-corrected chi connectivity index (χ2v) is 13.1. The molecule has 1 aromatic heterocycles. The monoisotopic (exact) mass is 470 g/mol. The number of nitrogens with zero attached hydrogens (tertiary/aromatic N) is 3. The van der Waals surface area contributed by atoms with Crippen LogP contribution in [0.1, 0.15) is 40.2 Å². The first-order valence-corrected chi connectivity index (χ1v) is 13.0. The van der Waals surface area contributed by atoms with Gasteiger partial charge in [-0.15, -0.1) is 10.2 Å². The van der Waals surface area contributed by atoms with Crippen molar-refractivity contribution >= 4 is 49.8 Å². The van der Waals surface area contributed by atoms with E-state index in [9.17, 15) is 13.2 Å². The third-order valence-corrected chi connectivity index (χ3v) is 7.43. The summed E-state index contributed by atoms with van der Waals surface area (Å²) in [4.78, 5) is 12.8. The number of anilines is 2. The molecule has 0 fully saturated rings. The van der Waals surface area contributed by atoms with Crippen molar-refractivity contribution in [3.63, 3.8) is 0 Å². The third-order valence-electron chi connectivity index (χ3n) is 4.36. The van der Waals surface area contributed by atoms with Gasteiger partial charge in [-0.3, -0.25) is 14.4 Å². The number of ether oxygens (including phenoxy) is 1. The second kappa shape index (κ2) is 8.35. The molecular formula is C19H26N4O4S3. The average Bonchev–Trinajstić information content (AvgIpc) is 3.04. The number of fused-ring (bicyclic) bond motifs is 1. The molecule has 30 heavy (non-hydrogen) atoms. The number of sulfonamides is 1. The van der Waals surface area contributed by atoms with E-state index in [0.29, 0.717) is 21.8 Å². The normalized spacial score (nSPS) is 16.9. The SMILES string of the molecule is CC(C)Sc1nnc(NC(=O)[C@H]2CN(S(C)(=O)=O)c3cc(C(C)(C)C)ccc3O2)s1. The molecule has 164 valence electrons. The Morgan fingerprint density at radius 2 is 2.03 bits per heavy atom. The molecule has 2 heterocycles. The summed E-state index contributed by atoms with van der Waals surface area (Å²) >= 11 is 2.83. The van der Waals surface area contributed by atoms with Crippen LogP contribution in [0.2, 0.25) is 0 Å². The first-order chi connectivity index (χ1) is 13.8. The highest BCUT2D eigenvalue weighted by molar-refractivity contribution is 8.01. The summed E-state index contributed by atoms with van der Waals surface area (Å²) in [5.74, 6) is -0.111. The second-order valence-electron chi connectivity index (χ2n) is 8.36. The van der Waals surface area contributed by atoms with Gasteiger partial charge in [0.1, 0.15) is 5.75 Å². The Kier molecular flexibility index (Phi) is 6.35. The maximum atomic E-state index is 12.8. The number of thioether (sulfide) groups is 1. The fraction of sp³-hybridized carbons (Fsp3) is 0.526. The van der Waals surface area contributed by atoms with Gasteiger partial charge in [-0.25, -0.2) is 8.42 Å². The first kappa shape index (κ1) is 22.8. The van der Waals surface area contributed by atoms with Crippen molar-refractivity contribution in [3.8, 4) is 5.75 Å². The minimum Gasteiger partial charge on any atom is -0.476 e. The number of benzene rings is 1. The molecule has 0 saturated carbocycles. The Hall–Kier alpha value is -1.85. The lowest BCUT2D eigenvalue weighted by Crippen LogP contribution is -2.48. The standard InChI is InChI=1S/C19H26N4O4S3/c1-11(2)28-18-22-21-17(29-18)20-16(24)15-10-23(30(6,25)26)13-9-12(19(3,4)5)7-8-14(13)27-15/h7-9,11,15H,10H2,1-6H3,(H,20,21,24)/t15-/m1/s1. The lowest BCUT2D eigenvalue weighted by Gasteiger charge is -2.35. The molecule has 0 unspecified atom stereocenters. The molecule has 0 saturated heterocycles. The van der Waals surface area contributed by atoms with Gasteiger partial charge >= 0.3 is 0 Å². The number of amides is 1. The summed E-state index contributed by atoms with van der Waals surface area (Å²) in [6.45, 7) is 10.1. The highest BCUT2D eigenvalue weighted by atomic mass is 32.2. The van der Waals surface area contributed by atoms with Crippen LogP contribution in [0.4, 0.5) is 10.8 Å². The van der Waals surface area contributed by atoms with Crippen molar-refractivity contribution in [2.24, 2.45) is 0 Å². The lowest BCUT2D eigenvalue weighted by molar-refractivity contribution is -0.122. The smallest absolute Gasteiger partial charge is 0.269 e. The van der Waals surface area contributed by atoms with Crippen LogP contribution in [0.3, 0.4) is 0 Å². The molecule has 0 bridgehead atoms. The van der Waals surface area contributed by atoms with E-state index >= 15 is 0 Å². The van der Waals surface area contributed by atoms with Crippen LogP contribution < -0.4 is 14.4 Å². The molecule has 0 aliphatic carbocycles. The van der Waals surface area contributed by atoms with E-state index in [1.165, 1.54) is 15.6 Å². The zero-order chi connectivity index (χ0) is 22.3. The van der Waals surface area contributed by atoms with Crippen molar-refractivity contribution in [2.45, 2.75) is 55.7 Å². The highest BCUT2D eigenvalue weighted by Crippen LogP contribution is 2.39. The summed E-state index contributed by atoms with van der Waals surface area (Å²) in [7, 11) is -3.61. The van der Waals surface area contributed by atoms with Gasteiger partial charge in [0, 0.05) is 5.25 Å². The Bertz CT molecular complexity index is 1040. The number of hydrogen-bond acceptors (Lipinski definition) is 8. The molecule has 3 rings (SSSR count). The predicted octanol–water partition coefficient (Wildman–Crippen LogP) is 3.50. The minimum atomic E-state index is -3.61. The van der Waals surface area contributed by atoms with Gasteiger partial charge in [0.2, 0.25) is 15.2 Å². The molecular weight excluding hydrogens is 444 g/mol. The highest BCUT2D eigenvalue weighted by Gasteiger charge is 2.36. The van der Waals surface area contributed by atoms with E-state index in [1.807, 2.05) is 46.8 Å². The van der Waals surface area contributed by atoms with Crippen molar-refractivity contribution < 1.29 is 17.9 Å². The number of carbonyl (C=O) groups excluding carboxylic acids is 1. The van der Waals surface area contributed by atoms with E-state index < -0.39 is 22.0 Å². The topological polar surface area (TPSA) is 101 Å². The van der Waals surface area contributed by atoms with Crippen LogP contribution in [0.15, 0.2) is 22.5 Å². The van der Waals surface area contributed by atoms with Gasteiger partial charge < -0.3 is 4.74 Å². The van der Waals surface area contributed by atoms with Crippen molar-refractivity contribution in [2.75, 3.05) is 22.4 Å². The average molecular weight is 471 g/mol. The van der Waals surface area contributed by atoms with E-state index in [-0.39, 0.29) is 12.0 Å². The quantitative estimate of drug-likeness (QED) is 0.527. The molecule has 1 N–H and O–H groups in total. The van der Waals surface area contributed by atoms with Crippen molar-refractivity contribution in [1.82, 2.24) is 10.2 Å². The summed E-state index contributed by atoms with van der Waals surface area (Å²) in [5.41, 5.74) is 1.27. The van der Waals surface area contributed by atoms with E-state index in [1.54, 1.807) is 17.8 Å². The minimum absolute atomic E-state index is 0.113. The molecule has 1 amide bonds. The maximum Gasteiger partial charge on any atom is 0.269 e. The number of nitrogens with one attached hydrogen (secondary N) is 1. The molecule has 8 nitrogen and oxygen atoms in total. The summed E-state index contributed by atoms with van der Waals surface area (Å²) in [6, 6.07) is 5.42. The summed E-state index contributed by atoms with van der Waals surface area (Å²) in [6.07, 6.45) is 0.124. The molecule has 1 aliphatic rings. The Balaban J connectivity index is 1.85. The van der Waals surface area contributed by atoms with Gasteiger partial charge in [0.05, 0.1) is 18.5 Å². The van der Waals surface area contributed by atoms with Crippen LogP contribution in [0, 0.1) is 0 Å². The lowest BCUT2D eigenvalue weighted by atomic mass is 9.86. The molecule has 0 radical (unpaired) electrons. The molecule has 0 spiro atoms. The number of carbonyl (C=O) groups is 1. The number of hydrogen-bond donors (Lipinski definition) is 1. The molecule has 1 aromatic carbocycles. The largest absolute Gasteiger partial charge is 0.476 e. The van der Waals surface area contributed by atoms with E-state index in [0.717, 1.165) is 16.2 Å². The van der Waals surface area contributed by atoms with Gasteiger partial charge in [-0.05, 0) is 23.1 Å². The maximum absolute atomic E-state index is 12.8. The fourth-order valence-electron chi connectivity index (χ4n) is 2.86. The van der Waals surface area contributed by atoms with Crippen LogP contribution in [0.25, 0.3) is 0 Å². The van der Waals surface area contributed by atoms with Gasteiger partial charge in [-0.2, -0.15) is 0 Å². The molecule has 1 atom stereocenters. The fourth-order valence-corrected chi connectivity index (χ4v) is 5.75. The molecule has 2 aromatic rings. The van der Waals surface area contributed by atoms with Crippen molar-refractivity contribution in [1.29, 1.82) is 0 Å². The Morgan fingerprint density at radius 3 is 2.63 bits per heavy atom. The molecule has 11 heteroatoms. The Morgan fingerprint density at radius 1 is 1.33 bits per heavy atom. The van der Waals surface area contributed by atoms with Crippen LogP contribution >= 0.6 is 23.1 Å². The zero-order valence-electron chi connectivity index (χ0n) is 17.8. The summed E-state index contributed by atoms with van der Waals surface area (Å²) < 4.78 is 32.8. The van der Waals surface area contributed by atoms with Crippen LogP contribution in [-0.4, -0.2) is 48.7 Å². The number of aromatic nitrogens is 2. The van der Waals surface area contributed by atoms with Gasteiger partial charge in [0.15, 0.2) is 10.4 Å². The zero-order valence-corrected chi connectivity index (χ0v) is 20.2. The Labute approximate surface area is 185 Å². The first-order valence-electron chi connectivity index (χ1n) is 9.44. The van der Waals surface area contributed by atoms with Crippen LogP contribution in [-0.2, 0) is 20.2 Å². The predicted molar refractivity (Wildman–Crippen MR) is 121 cm³/mol. The van der Waals surface area contributed by atoms with Crippen LogP contribution in [0.5, 0.6) is 5.75 Å². The number of rotatable bonds is 5. The molecule has 1 aliphatic heterocycles. The van der Waals surface area contributed by atoms with E-state index in [2.05, 4.69) is 15.5 Å². The third kappa shape index (κ3) is 5.25.